The van der Waals surface area contributed by atoms with Crippen LogP contribution in [0, 0.1) is 11.6 Å². The van der Waals surface area contributed by atoms with Gasteiger partial charge in [0, 0.05) is 95.7 Å². The van der Waals surface area contributed by atoms with E-state index in [9.17, 15) is 32.8 Å². The summed E-state index contributed by atoms with van der Waals surface area (Å²) in [6, 6.07) is 20.3. The Kier molecular flexibility index (Phi) is 19.6. The third kappa shape index (κ3) is 14.1. The molecule has 3 aliphatic heterocycles. The lowest BCUT2D eigenvalue weighted by Gasteiger charge is -2.29. The summed E-state index contributed by atoms with van der Waals surface area (Å²) in [6.45, 7) is 4.60. The summed E-state index contributed by atoms with van der Waals surface area (Å²) in [6.07, 6.45) is 2.69. The van der Waals surface area contributed by atoms with Crippen molar-refractivity contribution < 1.29 is 51.7 Å². The van der Waals surface area contributed by atoms with E-state index in [-0.39, 0.29) is 79.7 Å². The number of piperidine rings is 1. The van der Waals surface area contributed by atoms with Gasteiger partial charge in [0.1, 0.15) is 23.5 Å². The highest BCUT2D eigenvalue weighted by molar-refractivity contribution is 6.31. The number of rotatable bonds is 24. The molecule has 0 bridgehead atoms. The molecule has 73 heavy (non-hydrogen) atoms. The van der Waals surface area contributed by atoms with Gasteiger partial charge >= 0.3 is 0 Å². The van der Waals surface area contributed by atoms with Gasteiger partial charge in [-0.25, -0.2) is 18.7 Å². The Bertz CT molecular complexity index is 2820. The van der Waals surface area contributed by atoms with Crippen LogP contribution >= 0.6 is 24.0 Å². The molecular formula is C52H54Cl2F2N8O9. The molecule has 0 aliphatic carbocycles. The molecule has 1 atom stereocenters. The third-order valence-electron chi connectivity index (χ3n) is 12.0. The average molecular weight is 1040 g/mol. The molecule has 17 nitrogen and oxygen atoms in total. The Morgan fingerprint density at radius 2 is 1.48 bits per heavy atom. The number of nitrogens with zero attached hydrogens (tertiary/aromatic N) is 4. The summed E-state index contributed by atoms with van der Waals surface area (Å²) in [7, 11) is 0. The van der Waals surface area contributed by atoms with E-state index in [0.717, 1.165) is 5.56 Å². The highest BCUT2D eigenvalue weighted by Crippen LogP contribution is 2.35. The van der Waals surface area contributed by atoms with Crippen LogP contribution in [0.4, 0.5) is 14.5 Å². The Labute approximate surface area is 431 Å². The third-order valence-corrected chi connectivity index (χ3v) is 12.3. The number of halogens is 4. The van der Waals surface area contributed by atoms with Gasteiger partial charge in [-0.1, -0.05) is 41.9 Å². The minimum atomic E-state index is -0.729. The second-order valence-corrected chi connectivity index (χ2v) is 17.4. The Balaban J connectivity index is 0.00000780. The number of aliphatic imine (C=N–C) groups is 1. The van der Waals surface area contributed by atoms with Gasteiger partial charge in [0.25, 0.3) is 11.8 Å². The number of nitrogens with one attached hydrogen (secondary N) is 4. The second kappa shape index (κ2) is 26.4. The van der Waals surface area contributed by atoms with E-state index in [2.05, 4.69) is 31.2 Å². The van der Waals surface area contributed by atoms with E-state index in [1.807, 2.05) is 12.1 Å². The maximum atomic E-state index is 14.9. The molecule has 0 radical (unpaired) electrons. The fraction of sp³-hybridized carbons (Fsp3) is 0.346. The van der Waals surface area contributed by atoms with E-state index >= 15 is 0 Å². The van der Waals surface area contributed by atoms with Crippen molar-refractivity contribution in [1.82, 2.24) is 30.8 Å². The molecule has 1 saturated heterocycles. The first-order valence-electron chi connectivity index (χ1n) is 23.6. The van der Waals surface area contributed by atoms with Crippen LogP contribution < -0.4 is 21.3 Å². The molecule has 4 heterocycles. The number of aromatic nitrogens is 2. The number of ether oxygens (including phenoxy) is 4. The van der Waals surface area contributed by atoms with Crippen LogP contribution in [0.5, 0.6) is 0 Å². The zero-order chi connectivity index (χ0) is 50.4. The van der Waals surface area contributed by atoms with Crippen molar-refractivity contribution in [3.8, 4) is 11.3 Å². The zero-order valence-corrected chi connectivity index (χ0v) is 41.3. The molecule has 8 rings (SSSR count). The summed E-state index contributed by atoms with van der Waals surface area (Å²) < 4.78 is 52.1. The first kappa shape index (κ1) is 54.2. The SMILES string of the molecule is Cl.O=C1CCC(N2Cc3c(NC(=O)CCNCCOCCOCCOCCOCCNC(=O)c4ccc(Cc5ncc6c(n5)-c5ccc(Cl)cc5C(c5c(F)cccc5F)=NC6)cc4)cccc3C2=O)C(=O)N1. The number of anilines is 1. The van der Waals surface area contributed by atoms with Crippen molar-refractivity contribution in [2.75, 3.05) is 77.8 Å². The fourth-order valence-electron chi connectivity index (χ4n) is 8.43. The van der Waals surface area contributed by atoms with E-state index in [4.69, 9.17) is 35.5 Å². The molecule has 5 amide bonds. The molecule has 5 aromatic rings. The quantitative estimate of drug-likeness (QED) is 0.0439. The standard InChI is InChI=1S/C52H53ClF2N8O9.ClH/c53-35-11-12-36-38(28-35)49(47-40(54)4-2-5-41(47)55)59-30-34-29-58-44(61-48(34)36)27-32-7-9-33(10-8-32)50(66)57-18-20-70-22-24-72-26-25-71-23-21-69-19-17-56-16-15-46(65)60-42-6-1-3-37-39(42)31-63(52(37)68)43-13-14-45(64)62-51(43)67;/h1-12,28-29,43,56H,13-27,30-31H2,(H,57,66)(H,60,65)(H,62,64,67);1H. The van der Waals surface area contributed by atoms with Crippen molar-refractivity contribution in [3.05, 3.63) is 146 Å². The van der Waals surface area contributed by atoms with Gasteiger partial charge in [-0.2, -0.15) is 0 Å². The number of amides is 5. The van der Waals surface area contributed by atoms with Gasteiger partial charge < -0.3 is 39.8 Å². The predicted octanol–water partition coefficient (Wildman–Crippen LogP) is 5.61. The van der Waals surface area contributed by atoms with Crippen molar-refractivity contribution in [2.45, 2.75) is 44.8 Å². The number of carbonyl (C=O) groups is 5. The van der Waals surface area contributed by atoms with Crippen LogP contribution in [-0.2, 0) is 52.8 Å². The lowest BCUT2D eigenvalue weighted by Crippen LogP contribution is -2.52. The molecule has 3 aliphatic rings. The average Bonchev–Trinajstić information content (AvgIpc) is 3.62. The maximum Gasteiger partial charge on any atom is 0.255 e. The maximum absolute atomic E-state index is 14.9. The molecule has 1 unspecified atom stereocenters. The molecule has 4 aromatic carbocycles. The highest BCUT2D eigenvalue weighted by Gasteiger charge is 2.40. The van der Waals surface area contributed by atoms with E-state index in [1.54, 1.807) is 54.7 Å². The van der Waals surface area contributed by atoms with Crippen LogP contribution in [0.1, 0.15) is 73.6 Å². The summed E-state index contributed by atoms with van der Waals surface area (Å²) >= 11 is 6.35. The van der Waals surface area contributed by atoms with Crippen LogP contribution in [0.15, 0.2) is 90.1 Å². The summed E-state index contributed by atoms with van der Waals surface area (Å²) in [5.41, 5.74) is 5.29. The normalized spacial score (nSPS) is 14.8. The number of imide groups is 1. The molecule has 0 saturated carbocycles. The second-order valence-electron chi connectivity index (χ2n) is 17.0. The first-order chi connectivity index (χ1) is 35.0. The molecule has 21 heteroatoms. The van der Waals surface area contributed by atoms with E-state index in [1.165, 1.54) is 23.1 Å². The van der Waals surface area contributed by atoms with Gasteiger partial charge in [0.15, 0.2) is 0 Å². The number of benzene rings is 4. The monoisotopic (exact) mass is 1040 g/mol. The largest absolute Gasteiger partial charge is 0.378 e. The molecule has 1 aromatic heterocycles. The van der Waals surface area contributed by atoms with Crippen molar-refractivity contribution in [1.29, 1.82) is 0 Å². The van der Waals surface area contributed by atoms with E-state index in [0.29, 0.717) is 135 Å². The smallest absolute Gasteiger partial charge is 0.255 e. The molecule has 4 N–H and O–H groups in total. The Morgan fingerprint density at radius 1 is 0.795 bits per heavy atom. The lowest BCUT2D eigenvalue weighted by molar-refractivity contribution is -0.137. The predicted molar refractivity (Wildman–Crippen MR) is 269 cm³/mol. The van der Waals surface area contributed by atoms with Crippen molar-refractivity contribution >= 4 is 64.9 Å². The van der Waals surface area contributed by atoms with Crippen molar-refractivity contribution in [2.24, 2.45) is 4.99 Å². The number of hydrogen-bond acceptors (Lipinski definition) is 13. The molecular weight excluding hydrogens is 990 g/mol. The summed E-state index contributed by atoms with van der Waals surface area (Å²) in [5, 5.41) is 11.6. The van der Waals surface area contributed by atoms with Gasteiger partial charge in [0.2, 0.25) is 17.7 Å². The van der Waals surface area contributed by atoms with Gasteiger partial charge in [-0.05, 0) is 60.5 Å². The van der Waals surface area contributed by atoms with Gasteiger partial charge in [0.05, 0.1) is 76.4 Å². The fourth-order valence-corrected chi connectivity index (χ4v) is 8.60. The van der Waals surface area contributed by atoms with Crippen LogP contribution in [0.2, 0.25) is 5.02 Å². The Hall–Kier alpha value is -6.58. The number of carbonyl (C=O) groups excluding carboxylic acids is 5. The van der Waals surface area contributed by atoms with E-state index < -0.39 is 23.6 Å². The molecule has 384 valence electrons. The van der Waals surface area contributed by atoms with Gasteiger partial charge in [-0.15, -0.1) is 12.4 Å². The zero-order valence-electron chi connectivity index (χ0n) is 39.7. The first-order valence-corrected chi connectivity index (χ1v) is 24.0. The minimum Gasteiger partial charge on any atom is -0.378 e. The summed E-state index contributed by atoms with van der Waals surface area (Å²) in [4.78, 5) is 77.9. The lowest BCUT2D eigenvalue weighted by atomic mass is 9.94. The van der Waals surface area contributed by atoms with Crippen LogP contribution in [-0.4, -0.2) is 129 Å². The minimum absolute atomic E-state index is 0. The number of hydrogen-bond donors (Lipinski definition) is 4. The van der Waals surface area contributed by atoms with Crippen molar-refractivity contribution in [3.63, 3.8) is 0 Å². The van der Waals surface area contributed by atoms with Crippen LogP contribution in [0.3, 0.4) is 0 Å². The van der Waals surface area contributed by atoms with Gasteiger partial charge in [-0.3, -0.25) is 34.3 Å². The van der Waals surface area contributed by atoms with Crippen LogP contribution in [0.25, 0.3) is 11.3 Å². The Morgan fingerprint density at radius 3 is 2.19 bits per heavy atom. The molecule has 0 spiro atoms. The summed E-state index contributed by atoms with van der Waals surface area (Å²) in [5.74, 6) is -2.53. The highest BCUT2D eigenvalue weighted by atomic mass is 35.5. The number of fused-ring (bicyclic) bond motifs is 4. The topological polar surface area (TPSA) is 212 Å². The molecule has 1 fully saturated rings.